The van der Waals surface area contributed by atoms with Gasteiger partial charge in [-0.2, -0.15) is 0 Å². The van der Waals surface area contributed by atoms with Crippen molar-refractivity contribution in [2.24, 2.45) is 5.73 Å². The number of primary amides is 1. The molecule has 0 unspecified atom stereocenters. The third-order valence-corrected chi connectivity index (χ3v) is 3.29. The molecule has 0 bridgehead atoms. The predicted molar refractivity (Wildman–Crippen MR) is 80.5 cm³/mol. The third-order valence-electron chi connectivity index (χ3n) is 3.29. The molecule has 0 heterocycles. The number of halogens is 1. The number of amides is 2. The summed E-state index contributed by atoms with van der Waals surface area (Å²) in [6, 6.07) is 8.72. The van der Waals surface area contributed by atoms with E-state index in [9.17, 15) is 14.3 Å². The highest BCUT2D eigenvalue weighted by Crippen LogP contribution is 2.21. The molecule has 1 aromatic carbocycles. The zero-order valence-corrected chi connectivity index (χ0v) is 12.5. The highest BCUT2D eigenvalue weighted by atomic mass is 19.1. The number of alkyl carbamates (subject to hydrolysis) is 1. The summed E-state index contributed by atoms with van der Waals surface area (Å²) in [6.45, 7) is 0.161. The van der Waals surface area contributed by atoms with Gasteiger partial charge in [0.25, 0.3) is 0 Å². The average Bonchev–Trinajstić information content (AvgIpc) is 2.50. The second-order valence-electron chi connectivity index (χ2n) is 5.09. The van der Waals surface area contributed by atoms with Gasteiger partial charge in [-0.1, -0.05) is 30.3 Å². The highest BCUT2D eigenvalue weighted by Gasteiger charge is 2.32. The van der Waals surface area contributed by atoms with E-state index in [0.29, 0.717) is 19.3 Å². The Balaban J connectivity index is 0.000000593. The van der Waals surface area contributed by atoms with E-state index < -0.39 is 30.5 Å². The molecule has 0 spiro atoms. The van der Waals surface area contributed by atoms with Crippen LogP contribution in [0.4, 0.5) is 14.0 Å². The minimum Gasteiger partial charge on any atom is -0.465 e. The van der Waals surface area contributed by atoms with Crippen LogP contribution >= 0.6 is 0 Å². The predicted octanol–water partition coefficient (Wildman–Crippen LogP) is 1.79. The van der Waals surface area contributed by atoms with Gasteiger partial charge >= 0.3 is 12.2 Å². The molecule has 8 heteroatoms. The summed E-state index contributed by atoms with van der Waals surface area (Å²) < 4.78 is 18.3. The van der Waals surface area contributed by atoms with Crippen LogP contribution < -0.4 is 11.1 Å². The number of carboxylic acid groups (broad SMARTS) is 1. The molecule has 0 aliphatic heterocycles. The molecule has 5 N–H and O–H groups in total. The molecule has 1 fully saturated rings. The van der Waals surface area contributed by atoms with E-state index in [1.807, 2.05) is 30.3 Å². The van der Waals surface area contributed by atoms with Crippen molar-refractivity contribution in [1.82, 2.24) is 5.32 Å². The molecule has 0 saturated heterocycles. The van der Waals surface area contributed by atoms with Gasteiger partial charge in [-0.25, -0.2) is 14.0 Å². The van der Waals surface area contributed by atoms with E-state index in [1.54, 1.807) is 0 Å². The standard InChI is InChI=1S/C14H18FNO3.CH3NO2/c15-11-7-4-8-12(13(11)17)16-14(18)19-9-10-5-2-1-3-6-10;2-1(3)4/h1-3,5-6,11-13,17H,4,7-9H2,(H,16,18);2H2,(H,3,4)/t11-,12-,13+;/m0./s1. The molecule has 1 aromatic rings. The summed E-state index contributed by atoms with van der Waals surface area (Å²) in [5.41, 5.74) is 4.91. The molecule has 2 amide bonds. The Labute approximate surface area is 133 Å². The summed E-state index contributed by atoms with van der Waals surface area (Å²) in [6.07, 6.45) is -2.80. The molecule has 23 heavy (non-hydrogen) atoms. The van der Waals surface area contributed by atoms with Crippen LogP contribution in [0.15, 0.2) is 30.3 Å². The summed E-state index contributed by atoms with van der Waals surface area (Å²) in [5.74, 6) is 0. The molecule has 1 aliphatic rings. The van der Waals surface area contributed by atoms with Gasteiger partial charge in [0.1, 0.15) is 18.9 Å². The maximum atomic E-state index is 13.3. The topological polar surface area (TPSA) is 122 Å². The first-order valence-corrected chi connectivity index (χ1v) is 7.18. The number of carbonyl (C=O) groups excluding carboxylic acids is 1. The van der Waals surface area contributed by atoms with E-state index in [0.717, 1.165) is 5.56 Å². The second kappa shape index (κ2) is 9.62. The van der Waals surface area contributed by atoms with Crippen molar-refractivity contribution < 1.29 is 28.9 Å². The van der Waals surface area contributed by atoms with E-state index in [1.165, 1.54) is 0 Å². The normalized spacial score (nSPS) is 23.1. The summed E-state index contributed by atoms with van der Waals surface area (Å²) in [5, 5.41) is 19.3. The lowest BCUT2D eigenvalue weighted by Crippen LogP contribution is -2.49. The van der Waals surface area contributed by atoms with E-state index in [2.05, 4.69) is 11.1 Å². The Morgan fingerprint density at radius 1 is 1.30 bits per heavy atom. The van der Waals surface area contributed by atoms with Crippen molar-refractivity contribution >= 4 is 12.2 Å². The molecule has 0 aromatic heterocycles. The van der Waals surface area contributed by atoms with E-state index in [-0.39, 0.29) is 6.61 Å². The number of rotatable bonds is 3. The number of aliphatic hydroxyl groups is 1. The summed E-state index contributed by atoms with van der Waals surface area (Å²) in [7, 11) is 0. The molecular formula is C15H21FN2O5. The lowest BCUT2D eigenvalue weighted by atomic mass is 9.91. The van der Waals surface area contributed by atoms with Crippen LogP contribution in [0.25, 0.3) is 0 Å². The summed E-state index contributed by atoms with van der Waals surface area (Å²) in [4.78, 5) is 20.3. The number of hydrogen-bond donors (Lipinski definition) is 4. The van der Waals surface area contributed by atoms with Crippen molar-refractivity contribution in [2.45, 2.75) is 44.2 Å². The average molecular weight is 328 g/mol. The van der Waals surface area contributed by atoms with Gasteiger partial charge in [-0.3, -0.25) is 0 Å². The fourth-order valence-corrected chi connectivity index (χ4v) is 2.20. The van der Waals surface area contributed by atoms with Crippen LogP contribution in [0.2, 0.25) is 0 Å². The van der Waals surface area contributed by atoms with Crippen molar-refractivity contribution in [3.05, 3.63) is 35.9 Å². The molecule has 7 nitrogen and oxygen atoms in total. The van der Waals surface area contributed by atoms with Gasteiger partial charge in [0, 0.05) is 0 Å². The van der Waals surface area contributed by atoms with Gasteiger partial charge in [0.15, 0.2) is 0 Å². The molecule has 128 valence electrons. The van der Waals surface area contributed by atoms with Crippen molar-refractivity contribution in [3.8, 4) is 0 Å². The number of ether oxygens (including phenoxy) is 1. The van der Waals surface area contributed by atoms with Crippen molar-refractivity contribution in [3.63, 3.8) is 0 Å². The Bertz CT molecular complexity index is 496. The lowest BCUT2D eigenvalue weighted by molar-refractivity contribution is 0.0150. The van der Waals surface area contributed by atoms with E-state index in [4.69, 9.17) is 14.6 Å². The molecule has 0 radical (unpaired) electrons. The molecular weight excluding hydrogens is 307 g/mol. The number of alkyl halides is 1. The first-order chi connectivity index (χ1) is 10.9. The number of carbonyl (C=O) groups is 2. The van der Waals surface area contributed by atoms with Crippen molar-refractivity contribution in [2.75, 3.05) is 0 Å². The van der Waals surface area contributed by atoms with Gasteiger partial charge in [0.2, 0.25) is 0 Å². The van der Waals surface area contributed by atoms with Gasteiger partial charge < -0.3 is 26.0 Å². The smallest absolute Gasteiger partial charge is 0.407 e. The SMILES string of the molecule is NC(=O)O.O=C(N[C@H]1CCC[C@H](F)[C@H]1O)OCc1ccccc1. The molecule has 1 aliphatic carbocycles. The fraction of sp³-hybridized carbons (Fsp3) is 0.467. The number of hydrogen-bond acceptors (Lipinski definition) is 4. The Kier molecular flexibility index (Phi) is 7.82. The van der Waals surface area contributed by atoms with Gasteiger partial charge in [-0.05, 0) is 24.8 Å². The molecule has 1 saturated carbocycles. The zero-order chi connectivity index (χ0) is 17.2. The second-order valence-corrected chi connectivity index (χ2v) is 5.09. The third kappa shape index (κ3) is 7.46. The summed E-state index contributed by atoms with van der Waals surface area (Å²) >= 11 is 0. The van der Waals surface area contributed by atoms with Crippen LogP contribution in [0.1, 0.15) is 24.8 Å². The number of benzene rings is 1. The minimum absolute atomic E-state index is 0.161. The highest BCUT2D eigenvalue weighted by molar-refractivity contribution is 5.67. The maximum absolute atomic E-state index is 13.3. The Morgan fingerprint density at radius 3 is 2.52 bits per heavy atom. The fourth-order valence-electron chi connectivity index (χ4n) is 2.20. The first-order valence-electron chi connectivity index (χ1n) is 7.18. The van der Waals surface area contributed by atoms with Crippen molar-refractivity contribution in [1.29, 1.82) is 0 Å². The van der Waals surface area contributed by atoms with Crippen LogP contribution in [0.5, 0.6) is 0 Å². The molecule has 2 rings (SSSR count). The zero-order valence-electron chi connectivity index (χ0n) is 12.5. The quantitative estimate of drug-likeness (QED) is 0.674. The lowest BCUT2D eigenvalue weighted by Gasteiger charge is -2.30. The maximum Gasteiger partial charge on any atom is 0.407 e. The van der Waals surface area contributed by atoms with Crippen LogP contribution in [0.3, 0.4) is 0 Å². The number of nitrogens with one attached hydrogen (secondary N) is 1. The van der Waals surface area contributed by atoms with Crippen LogP contribution in [-0.4, -0.2) is 40.7 Å². The number of nitrogens with two attached hydrogens (primary N) is 1. The van der Waals surface area contributed by atoms with Gasteiger partial charge in [-0.15, -0.1) is 0 Å². The Morgan fingerprint density at radius 2 is 1.91 bits per heavy atom. The Hall–Kier alpha value is -2.35. The van der Waals surface area contributed by atoms with Crippen LogP contribution in [0, 0.1) is 0 Å². The minimum atomic E-state index is -1.33. The van der Waals surface area contributed by atoms with Crippen LogP contribution in [-0.2, 0) is 11.3 Å². The largest absolute Gasteiger partial charge is 0.465 e. The van der Waals surface area contributed by atoms with E-state index >= 15 is 0 Å². The molecule has 3 atom stereocenters. The van der Waals surface area contributed by atoms with Gasteiger partial charge in [0.05, 0.1) is 6.04 Å². The monoisotopic (exact) mass is 328 g/mol. The number of aliphatic hydroxyl groups excluding tert-OH is 1. The first kappa shape index (κ1) is 18.7.